The Labute approximate surface area is 160 Å². The van der Waals surface area contributed by atoms with E-state index in [9.17, 15) is 0 Å². The molecule has 1 N–H and O–H groups in total. The van der Waals surface area contributed by atoms with Crippen LogP contribution in [0.25, 0.3) is 0 Å². The van der Waals surface area contributed by atoms with Gasteiger partial charge in [-0.2, -0.15) is 5.10 Å². The molecular weight excluding hydrogens is 334 g/mol. The van der Waals surface area contributed by atoms with Crippen LogP contribution in [0.3, 0.4) is 0 Å². The second-order valence-corrected chi connectivity index (χ2v) is 6.16. The first-order valence-electron chi connectivity index (χ1n) is 8.92. The minimum atomic E-state index is 0.135. The lowest BCUT2D eigenvalue weighted by molar-refractivity contribution is 0.304. The van der Waals surface area contributed by atoms with Crippen LogP contribution in [0.4, 0.5) is 5.69 Å². The second kappa shape index (κ2) is 9.46. The number of hydrogen-bond donors (Lipinski definition) is 1. The van der Waals surface area contributed by atoms with Gasteiger partial charge in [-0.1, -0.05) is 72.8 Å². The number of benzene rings is 3. The number of nitrogens with zero attached hydrogens (tertiary/aromatic N) is 3. The molecule has 0 aliphatic rings. The molecule has 27 heavy (non-hydrogen) atoms. The summed E-state index contributed by atoms with van der Waals surface area (Å²) in [5.41, 5.74) is 4.93. The predicted octanol–water partition coefficient (Wildman–Crippen LogP) is 3.99. The van der Waals surface area contributed by atoms with Gasteiger partial charge in [-0.3, -0.25) is 0 Å². The third-order valence-electron chi connectivity index (χ3n) is 4.23. The van der Waals surface area contributed by atoms with Gasteiger partial charge in [0.1, 0.15) is 5.71 Å². The van der Waals surface area contributed by atoms with E-state index in [1.54, 1.807) is 6.21 Å². The molecular formula is C23H23N3O. The van der Waals surface area contributed by atoms with E-state index in [-0.39, 0.29) is 6.61 Å². The first kappa shape index (κ1) is 18.5. The summed E-state index contributed by atoms with van der Waals surface area (Å²) in [6, 6.07) is 28.1. The smallest absolute Gasteiger partial charge is 0.100 e. The maximum atomic E-state index is 9.03. The van der Waals surface area contributed by atoms with Crippen molar-refractivity contribution >= 4 is 17.6 Å². The molecule has 0 aliphatic carbocycles. The Hall–Kier alpha value is -3.24. The maximum absolute atomic E-state index is 9.03. The molecule has 0 fully saturated rings. The van der Waals surface area contributed by atoms with Crippen molar-refractivity contribution in [3.8, 4) is 0 Å². The van der Waals surface area contributed by atoms with Gasteiger partial charge in [0.25, 0.3) is 0 Å². The Morgan fingerprint density at radius 1 is 0.852 bits per heavy atom. The van der Waals surface area contributed by atoms with Crippen molar-refractivity contribution in [1.82, 2.24) is 0 Å². The summed E-state index contributed by atoms with van der Waals surface area (Å²) in [6.07, 6.45) is 1.75. The summed E-state index contributed by atoms with van der Waals surface area (Å²) in [4.78, 5) is 2.00. The van der Waals surface area contributed by atoms with E-state index in [4.69, 9.17) is 5.11 Å². The highest BCUT2D eigenvalue weighted by Crippen LogP contribution is 2.13. The van der Waals surface area contributed by atoms with E-state index < -0.39 is 0 Å². The van der Waals surface area contributed by atoms with E-state index in [0.717, 1.165) is 28.1 Å². The van der Waals surface area contributed by atoms with Crippen molar-refractivity contribution in [3.63, 3.8) is 0 Å². The lowest BCUT2D eigenvalue weighted by Gasteiger charge is -2.17. The highest BCUT2D eigenvalue weighted by molar-refractivity contribution is 6.12. The largest absolute Gasteiger partial charge is 0.395 e. The summed E-state index contributed by atoms with van der Waals surface area (Å²) in [7, 11) is 1.95. The van der Waals surface area contributed by atoms with Crippen LogP contribution in [0.5, 0.6) is 0 Å². The standard InChI is InChI=1S/C23H23N3O/c1-26(16-17-27)22-14-12-19(13-15-22)18-24-25-23(20-8-4-2-5-9-20)21-10-6-3-7-11-21/h2-15,18,27H,16-17H2,1H3/b24-18+. The molecule has 0 radical (unpaired) electrons. The first-order valence-corrected chi connectivity index (χ1v) is 8.92. The summed E-state index contributed by atoms with van der Waals surface area (Å²) in [5.74, 6) is 0. The van der Waals surface area contributed by atoms with Crippen molar-refractivity contribution in [2.45, 2.75) is 0 Å². The molecule has 0 unspecified atom stereocenters. The Morgan fingerprint density at radius 3 is 1.93 bits per heavy atom. The zero-order valence-corrected chi connectivity index (χ0v) is 15.4. The molecule has 0 amide bonds. The summed E-state index contributed by atoms with van der Waals surface area (Å²) < 4.78 is 0. The Balaban J connectivity index is 1.82. The van der Waals surface area contributed by atoms with E-state index in [1.165, 1.54) is 0 Å². The zero-order valence-electron chi connectivity index (χ0n) is 15.4. The molecule has 0 atom stereocenters. The van der Waals surface area contributed by atoms with E-state index in [2.05, 4.69) is 10.2 Å². The van der Waals surface area contributed by atoms with E-state index >= 15 is 0 Å². The van der Waals surface area contributed by atoms with Gasteiger partial charge in [-0.15, -0.1) is 5.10 Å². The van der Waals surface area contributed by atoms with Crippen molar-refractivity contribution in [2.24, 2.45) is 10.2 Å². The van der Waals surface area contributed by atoms with Crippen LogP contribution >= 0.6 is 0 Å². The third kappa shape index (κ3) is 5.12. The SMILES string of the molecule is CN(CCO)c1ccc(/C=N/N=C(c2ccccc2)c2ccccc2)cc1. The molecule has 3 rings (SSSR count). The minimum Gasteiger partial charge on any atom is -0.395 e. The van der Waals surface area contributed by atoms with Gasteiger partial charge in [0, 0.05) is 30.4 Å². The highest BCUT2D eigenvalue weighted by atomic mass is 16.3. The van der Waals surface area contributed by atoms with Crippen LogP contribution in [0.2, 0.25) is 0 Å². The lowest BCUT2D eigenvalue weighted by Crippen LogP contribution is -2.20. The normalized spacial score (nSPS) is 10.7. The number of rotatable bonds is 7. The number of aliphatic hydroxyl groups excluding tert-OH is 1. The lowest BCUT2D eigenvalue weighted by atomic mass is 10.0. The monoisotopic (exact) mass is 357 g/mol. The van der Waals surface area contributed by atoms with Gasteiger partial charge >= 0.3 is 0 Å². The van der Waals surface area contributed by atoms with Crippen LogP contribution in [-0.2, 0) is 0 Å². The van der Waals surface area contributed by atoms with Gasteiger partial charge in [-0.05, 0) is 17.7 Å². The summed E-state index contributed by atoms with van der Waals surface area (Å²) in [6.45, 7) is 0.741. The number of anilines is 1. The van der Waals surface area contributed by atoms with Crippen molar-refractivity contribution < 1.29 is 5.11 Å². The van der Waals surface area contributed by atoms with Crippen LogP contribution in [0.15, 0.2) is 95.1 Å². The van der Waals surface area contributed by atoms with Gasteiger partial charge in [-0.25, -0.2) is 0 Å². The van der Waals surface area contributed by atoms with Gasteiger partial charge in [0.05, 0.1) is 12.8 Å². The molecule has 3 aromatic rings. The topological polar surface area (TPSA) is 48.2 Å². The Bertz CT molecular complexity index is 846. The molecule has 4 heteroatoms. The minimum absolute atomic E-state index is 0.135. The molecule has 3 aromatic carbocycles. The van der Waals surface area contributed by atoms with Gasteiger partial charge in [0.2, 0.25) is 0 Å². The molecule has 0 aromatic heterocycles. The number of likely N-dealkylation sites (N-methyl/N-ethyl adjacent to an activating group) is 1. The molecule has 136 valence electrons. The van der Waals surface area contributed by atoms with Crippen LogP contribution < -0.4 is 4.90 Å². The quantitative estimate of drug-likeness (QED) is 0.513. The van der Waals surface area contributed by atoms with E-state index in [0.29, 0.717) is 6.54 Å². The van der Waals surface area contributed by atoms with Crippen LogP contribution in [-0.4, -0.2) is 37.2 Å². The summed E-state index contributed by atoms with van der Waals surface area (Å²) >= 11 is 0. The molecule has 4 nitrogen and oxygen atoms in total. The first-order chi connectivity index (χ1) is 13.3. The average molecular weight is 357 g/mol. The predicted molar refractivity (Wildman–Crippen MR) is 113 cm³/mol. The molecule has 0 spiro atoms. The molecule has 0 saturated heterocycles. The van der Waals surface area contributed by atoms with Crippen LogP contribution in [0, 0.1) is 0 Å². The number of hydrogen-bond acceptors (Lipinski definition) is 4. The summed E-state index contributed by atoms with van der Waals surface area (Å²) in [5, 5.41) is 17.8. The van der Waals surface area contributed by atoms with E-state index in [1.807, 2.05) is 96.9 Å². The third-order valence-corrected chi connectivity index (χ3v) is 4.23. The molecule has 0 saturated carbocycles. The molecule has 0 heterocycles. The molecule has 0 bridgehead atoms. The van der Waals surface area contributed by atoms with Gasteiger partial charge < -0.3 is 10.0 Å². The van der Waals surface area contributed by atoms with Crippen LogP contribution in [0.1, 0.15) is 16.7 Å². The Kier molecular flexibility index (Phi) is 6.50. The Morgan fingerprint density at radius 2 is 1.41 bits per heavy atom. The number of aliphatic hydroxyl groups is 1. The van der Waals surface area contributed by atoms with Crippen molar-refractivity contribution in [2.75, 3.05) is 25.1 Å². The van der Waals surface area contributed by atoms with Gasteiger partial charge in [0.15, 0.2) is 0 Å². The average Bonchev–Trinajstić information content (AvgIpc) is 2.73. The second-order valence-electron chi connectivity index (χ2n) is 6.16. The highest BCUT2D eigenvalue weighted by Gasteiger charge is 2.05. The van der Waals surface area contributed by atoms with Crippen molar-refractivity contribution in [1.29, 1.82) is 0 Å². The fourth-order valence-electron chi connectivity index (χ4n) is 2.72. The zero-order chi connectivity index (χ0) is 18.9. The molecule has 0 aliphatic heterocycles. The fraction of sp³-hybridized carbons (Fsp3) is 0.130. The maximum Gasteiger partial charge on any atom is 0.100 e. The van der Waals surface area contributed by atoms with Crippen molar-refractivity contribution in [3.05, 3.63) is 102 Å². The fourth-order valence-corrected chi connectivity index (χ4v) is 2.72.